The number of ether oxygens (including phenoxy) is 1. The molecule has 0 aliphatic rings. The normalized spacial score (nSPS) is 11.7. The third-order valence-electron chi connectivity index (χ3n) is 3.74. The van der Waals surface area contributed by atoms with E-state index in [1.165, 1.54) is 43.1 Å². The van der Waals surface area contributed by atoms with Crippen molar-refractivity contribution in [2.45, 2.75) is 19.0 Å². The van der Waals surface area contributed by atoms with Gasteiger partial charge in [-0.05, 0) is 36.6 Å². The first-order valence-electron chi connectivity index (χ1n) is 8.15. The first-order valence-corrected chi connectivity index (χ1v) is 9.55. The number of esters is 1. The van der Waals surface area contributed by atoms with E-state index < -0.39 is 35.8 Å². The molecule has 0 aliphatic carbocycles. The number of hydrogen-bond donors (Lipinski definition) is 1. The van der Waals surface area contributed by atoms with E-state index in [-0.39, 0.29) is 11.3 Å². The summed E-state index contributed by atoms with van der Waals surface area (Å²) in [6, 6.07) is 7.81. The van der Waals surface area contributed by atoms with Crippen molar-refractivity contribution in [2.75, 3.05) is 19.1 Å². The van der Waals surface area contributed by atoms with Crippen LogP contribution in [0.5, 0.6) is 0 Å². The molecule has 1 unspecified atom stereocenters. The van der Waals surface area contributed by atoms with E-state index in [0.29, 0.717) is 12.2 Å². The van der Waals surface area contributed by atoms with Crippen LogP contribution in [-0.4, -0.2) is 46.8 Å². The minimum Gasteiger partial charge on any atom is -0.467 e. The van der Waals surface area contributed by atoms with E-state index in [9.17, 15) is 18.8 Å². The topological polar surface area (TPSA) is 90.3 Å². The Morgan fingerprint density at radius 3 is 2.70 bits per heavy atom. The molecule has 2 rings (SSSR count). The molecule has 0 aliphatic heterocycles. The molecule has 0 bridgehead atoms. The summed E-state index contributed by atoms with van der Waals surface area (Å²) >= 11 is 1.53. The monoisotopic (exact) mass is 393 g/mol. The van der Waals surface area contributed by atoms with Gasteiger partial charge in [-0.1, -0.05) is 12.1 Å². The molecule has 9 heteroatoms. The Morgan fingerprint density at radius 1 is 1.30 bits per heavy atom. The molecule has 1 atom stereocenters. The molecule has 0 spiro atoms. The molecule has 1 aromatic carbocycles. The second-order valence-electron chi connectivity index (χ2n) is 5.62. The molecule has 1 amide bonds. The van der Waals surface area contributed by atoms with Crippen LogP contribution in [0.4, 0.5) is 4.39 Å². The van der Waals surface area contributed by atoms with Gasteiger partial charge in [-0.25, -0.2) is 13.9 Å². The number of hydrogen-bond acceptors (Lipinski definition) is 6. The van der Waals surface area contributed by atoms with Crippen molar-refractivity contribution >= 4 is 23.6 Å². The molecule has 0 radical (unpaired) electrons. The molecule has 27 heavy (non-hydrogen) atoms. The summed E-state index contributed by atoms with van der Waals surface area (Å²) in [7, 11) is 1.24. The largest absolute Gasteiger partial charge is 0.467 e. The van der Waals surface area contributed by atoms with Crippen LogP contribution in [0.15, 0.2) is 41.2 Å². The fraction of sp³-hybridized carbons (Fsp3) is 0.333. The van der Waals surface area contributed by atoms with Crippen LogP contribution in [0.3, 0.4) is 0 Å². The third kappa shape index (κ3) is 5.65. The summed E-state index contributed by atoms with van der Waals surface area (Å²) in [4.78, 5) is 36.1. The lowest BCUT2D eigenvalue weighted by Gasteiger charge is -2.16. The molecule has 7 nitrogen and oxygen atoms in total. The van der Waals surface area contributed by atoms with Gasteiger partial charge >= 0.3 is 5.97 Å². The first-order chi connectivity index (χ1) is 13.0. The Kier molecular flexibility index (Phi) is 7.54. The van der Waals surface area contributed by atoms with Crippen LogP contribution < -0.4 is 10.9 Å². The van der Waals surface area contributed by atoms with Crippen molar-refractivity contribution in [3.05, 3.63) is 52.6 Å². The van der Waals surface area contributed by atoms with Gasteiger partial charge in [-0.15, -0.1) is 0 Å². The number of aromatic nitrogens is 2. The standard InChI is InChI=1S/C18H20FN3O4S/c1-26-18(25)15(9-10-27-2)20-16(23)11-22-17(24)8-7-14(21-22)12-5-3-4-6-13(12)19/h3-8,15H,9-11H2,1-2H3,(H,20,23). The van der Waals surface area contributed by atoms with E-state index in [0.717, 1.165) is 4.68 Å². The second kappa shape index (κ2) is 9.86. The average molecular weight is 393 g/mol. The highest BCUT2D eigenvalue weighted by Gasteiger charge is 2.21. The number of rotatable bonds is 8. The number of carbonyl (C=O) groups is 2. The number of amides is 1. The molecule has 0 fully saturated rings. The second-order valence-corrected chi connectivity index (χ2v) is 6.60. The highest BCUT2D eigenvalue weighted by Crippen LogP contribution is 2.18. The maximum absolute atomic E-state index is 13.9. The van der Waals surface area contributed by atoms with Crippen molar-refractivity contribution in [3.8, 4) is 11.3 Å². The number of methoxy groups -OCH3 is 1. The Labute approximate surface area is 159 Å². The van der Waals surface area contributed by atoms with Gasteiger partial charge < -0.3 is 10.1 Å². The molecule has 0 saturated heterocycles. The summed E-state index contributed by atoms with van der Waals surface area (Å²) < 4.78 is 19.5. The zero-order valence-corrected chi connectivity index (χ0v) is 15.8. The maximum Gasteiger partial charge on any atom is 0.328 e. The zero-order valence-electron chi connectivity index (χ0n) is 15.0. The Balaban J connectivity index is 2.17. The van der Waals surface area contributed by atoms with Crippen molar-refractivity contribution in [2.24, 2.45) is 0 Å². The van der Waals surface area contributed by atoms with Crippen LogP contribution >= 0.6 is 11.8 Å². The number of halogens is 1. The van der Waals surface area contributed by atoms with Crippen molar-refractivity contribution in [1.82, 2.24) is 15.1 Å². The maximum atomic E-state index is 13.9. The highest BCUT2D eigenvalue weighted by molar-refractivity contribution is 7.98. The first kappa shape index (κ1) is 20.6. The molecule has 1 heterocycles. The summed E-state index contributed by atoms with van der Waals surface area (Å²) in [5.41, 5.74) is -0.0598. The molecule has 1 N–H and O–H groups in total. The lowest BCUT2D eigenvalue weighted by Crippen LogP contribution is -2.44. The number of nitrogens with zero attached hydrogens (tertiary/aromatic N) is 2. The Bertz CT molecular complexity index is 872. The molecule has 0 saturated carbocycles. The Morgan fingerprint density at radius 2 is 2.04 bits per heavy atom. The lowest BCUT2D eigenvalue weighted by molar-refractivity contribution is -0.145. The fourth-order valence-electron chi connectivity index (χ4n) is 2.38. The molecular weight excluding hydrogens is 373 g/mol. The number of thioether (sulfide) groups is 1. The molecular formula is C18H20FN3O4S. The lowest BCUT2D eigenvalue weighted by atomic mass is 10.1. The number of benzene rings is 1. The van der Waals surface area contributed by atoms with Crippen molar-refractivity contribution in [1.29, 1.82) is 0 Å². The summed E-state index contributed by atoms with van der Waals surface area (Å²) in [6.45, 7) is -0.395. The van der Waals surface area contributed by atoms with E-state index in [4.69, 9.17) is 0 Å². The minimum atomic E-state index is -0.805. The third-order valence-corrected chi connectivity index (χ3v) is 4.39. The molecule has 2 aromatic rings. The molecule has 1 aromatic heterocycles. The zero-order chi connectivity index (χ0) is 19.8. The van der Waals surface area contributed by atoms with Gasteiger partial charge in [-0.2, -0.15) is 16.9 Å². The van der Waals surface area contributed by atoms with Gasteiger partial charge in [-0.3, -0.25) is 9.59 Å². The van der Waals surface area contributed by atoms with Gasteiger partial charge in [0, 0.05) is 11.6 Å². The summed E-state index contributed by atoms with van der Waals surface area (Å²) in [5, 5.41) is 6.61. The SMILES string of the molecule is COC(=O)C(CCSC)NC(=O)Cn1nc(-c2ccccc2F)ccc1=O. The minimum absolute atomic E-state index is 0.221. The van der Waals surface area contributed by atoms with Gasteiger partial charge in [0.05, 0.1) is 12.8 Å². The van der Waals surface area contributed by atoms with Gasteiger partial charge in [0.1, 0.15) is 18.4 Å². The van der Waals surface area contributed by atoms with Gasteiger partial charge in [0.15, 0.2) is 0 Å². The van der Waals surface area contributed by atoms with E-state index in [2.05, 4.69) is 15.2 Å². The van der Waals surface area contributed by atoms with Crippen LogP contribution in [0, 0.1) is 5.82 Å². The van der Waals surface area contributed by atoms with Crippen LogP contribution in [0.2, 0.25) is 0 Å². The van der Waals surface area contributed by atoms with Crippen molar-refractivity contribution in [3.63, 3.8) is 0 Å². The smallest absolute Gasteiger partial charge is 0.328 e. The van der Waals surface area contributed by atoms with E-state index in [1.807, 2.05) is 6.26 Å². The van der Waals surface area contributed by atoms with Gasteiger partial charge in [0.25, 0.3) is 5.56 Å². The summed E-state index contributed by atoms with van der Waals surface area (Å²) in [6.07, 6.45) is 2.28. The van der Waals surface area contributed by atoms with E-state index in [1.54, 1.807) is 12.1 Å². The number of carbonyl (C=O) groups excluding carboxylic acids is 2. The summed E-state index contributed by atoms with van der Waals surface area (Å²) in [5.74, 6) is -0.951. The fourth-order valence-corrected chi connectivity index (χ4v) is 2.85. The number of nitrogens with one attached hydrogen (secondary N) is 1. The van der Waals surface area contributed by atoms with Crippen LogP contribution in [-0.2, 0) is 20.9 Å². The van der Waals surface area contributed by atoms with E-state index >= 15 is 0 Å². The van der Waals surface area contributed by atoms with Crippen LogP contribution in [0.1, 0.15) is 6.42 Å². The average Bonchev–Trinajstić information content (AvgIpc) is 2.66. The quantitative estimate of drug-likeness (QED) is 0.683. The van der Waals surface area contributed by atoms with Crippen molar-refractivity contribution < 1.29 is 18.7 Å². The predicted octanol–water partition coefficient (Wildman–Crippen LogP) is 1.46. The van der Waals surface area contributed by atoms with Gasteiger partial charge in [0.2, 0.25) is 5.91 Å². The predicted molar refractivity (Wildman–Crippen MR) is 101 cm³/mol. The highest BCUT2D eigenvalue weighted by atomic mass is 32.2. The molecule has 144 valence electrons. The Hall–Kier alpha value is -2.68. The van der Waals surface area contributed by atoms with Crippen LogP contribution in [0.25, 0.3) is 11.3 Å².